The van der Waals surface area contributed by atoms with E-state index in [1.54, 1.807) is 24.3 Å². The van der Waals surface area contributed by atoms with Crippen LogP contribution in [0.3, 0.4) is 0 Å². The van der Waals surface area contributed by atoms with Crippen molar-refractivity contribution < 1.29 is 4.79 Å². The van der Waals surface area contributed by atoms with Crippen LogP contribution < -0.4 is 15.8 Å². The van der Waals surface area contributed by atoms with Gasteiger partial charge in [-0.2, -0.15) is 0 Å². The molecule has 0 aliphatic carbocycles. The Morgan fingerprint density at radius 1 is 1.00 bits per heavy atom. The number of nitrogens with one attached hydrogen (secondary N) is 2. The molecule has 0 bridgehead atoms. The molecule has 148 valence electrons. The lowest BCUT2D eigenvalue weighted by molar-refractivity contribution is 0.0949. The molecule has 6 heteroatoms. The Morgan fingerprint density at radius 3 is 2.45 bits per heavy atom. The molecule has 5 nitrogen and oxygen atoms in total. The highest BCUT2D eigenvalue weighted by Crippen LogP contribution is 2.24. The van der Waals surface area contributed by atoms with Gasteiger partial charge in [-0.05, 0) is 54.3 Å². The number of anilines is 1. The van der Waals surface area contributed by atoms with Crippen molar-refractivity contribution in [2.24, 2.45) is 0 Å². The first-order valence-electron chi connectivity index (χ1n) is 9.72. The number of aromatic amines is 1. The fourth-order valence-corrected chi connectivity index (χ4v) is 3.77. The van der Waals surface area contributed by atoms with Crippen LogP contribution in [0.5, 0.6) is 0 Å². The number of rotatable bonds is 5. The van der Waals surface area contributed by atoms with Crippen molar-refractivity contribution in [3.8, 4) is 11.3 Å². The summed E-state index contributed by atoms with van der Waals surface area (Å²) in [4.78, 5) is 30.2. The molecule has 1 amide bonds. The summed E-state index contributed by atoms with van der Waals surface area (Å²) in [5, 5.41) is 3.51. The van der Waals surface area contributed by atoms with Crippen molar-refractivity contribution in [2.45, 2.75) is 19.4 Å². The van der Waals surface area contributed by atoms with Crippen LogP contribution >= 0.6 is 11.6 Å². The van der Waals surface area contributed by atoms with E-state index >= 15 is 0 Å². The largest absolute Gasteiger partial charge is 0.371 e. The van der Waals surface area contributed by atoms with Gasteiger partial charge in [0, 0.05) is 36.0 Å². The molecular formula is C23H22ClN3O2. The van der Waals surface area contributed by atoms with Gasteiger partial charge in [-0.1, -0.05) is 41.9 Å². The third-order valence-electron chi connectivity index (χ3n) is 5.19. The number of carbonyl (C=O) groups is 1. The van der Waals surface area contributed by atoms with Gasteiger partial charge < -0.3 is 15.2 Å². The highest BCUT2D eigenvalue weighted by molar-refractivity contribution is 6.30. The van der Waals surface area contributed by atoms with Crippen LogP contribution in [-0.2, 0) is 6.54 Å². The first-order valence-corrected chi connectivity index (χ1v) is 10.1. The fraction of sp³-hybridized carbons (Fsp3) is 0.217. The normalized spacial score (nSPS) is 13.5. The molecule has 1 saturated heterocycles. The summed E-state index contributed by atoms with van der Waals surface area (Å²) >= 11 is 5.91. The minimum atomic E-state index is -0.414. The lowest BCUT2D eigenvalue weighted by Gasteiger charge is -2.21. The van der Waals surface area contributed by atoms with Crippen LogP contribution in [0.25, 0.3) is 11.3 Å². The molecule has 3 aromatic rings. The number of hydrogen-bond donors (Lipinski definition) is 2. The second-order valence-corrected chi connectivity index (χ2v) is 7.56. The summed E-state index contributed by atoms with van der Waals surface area (Å²) in [6, 6.07) is 18.5. The van der Waals surface area contributed by atoms with Gasteiger partial charge >= 0.3 is 0 Å². The van der Waals surface area contributed by atoms with E-state index < -0.39 is 5.56 Å². The zero-order valence-corrected chi connectivity index (χ0v) is 16.7. The van der Waals surface area contributed by atoms with Gasteiger partial charge in [0.1, 0.15) is 5.56 Å². The van der Waals surface area contributed by atoms with E-state index in [1.807, 2.05) is 30.3 Å². The zero-order chi connectivity index (χ0) is 20.2. The van der Waals surface area contributed by atoms with Gasteiger partial charge in [0.2, 0.25) is 0 Å². The van der Waals surface area contributed by atoms with Crippen molar-refractivity contribution in [1.29, 1.82) is 0 Å². The number of hydrogen-bond acceptors (Lipinski definition) is 3. The monoisotopic (exact) mass is 407 g/mol. The van der Waals surface area contributed by atoms with Crippen molar-refractivity contribution >= 4 is 23.2 Å². The Balaban J connectivity index is 1.48. The molecule has 0 radical (unpaired) electrons. The van der Waals surface area contributed by atoms with E-state index in [4.69, 9.17) is 11.6 Å². The lowest BCUT2D eigenvalue weighted by atomic mass is 10.1. The minimum Gasteiger partial charge on any atom is -0.371 e. The topological polar surface area (TPSA) is 65.2 Å². The van der Waals surface area contributed by atoms with E-state index in [1.165, 1.54) is 12.8 Å². The third-order valence-corrected chi connectivity index (χ3v) is 5.44. The van der Waals surface area contributed by atoms with Gasteiger partial charge in [-0.15, -0.1) is 0 Å². The van der Waals surface area contributed by atoms with Crippen LogP contribution in [0.4, 0.5) is 5.69 Å². The number of carbonyl (C=O) groups excluding carboxylic acids is 1. The molecule has 0 unspecified atom stereocenters. The molecule has 29 heavy (non-hydrogen) atoms. The van der Waals surface area contributed by atoms with Gasteiger partial charge in [0.05, 0.1) is 0 Å². The molecule has 2 aromatic carbocycles. The van der Waals surface area contributed by atoms with Gasteiger partial charge in [-0.3, -0.25) is 9.59 Å². The smallest absolute Gasteiger partial charge is 0.261 e. The Hall–Kier alpha value is -3.05. The second-order valence-electron chi connectivity index (χ2n) is 7.13. The third kappa shape index (κ3) is 4.35. The number of amides is 1. The summed E-state index contributed by atoms with van der Waals surface area (Å²) in [6.07, 6.45) is 2.38. The number of nitrogens with zero attached hydrogens (tertiary/aromatic N) is 1. The van der Waals surface area contributed by atoms with Crippen LogP contribution in [0.15, 0.2) is 65.5 Å². The van der Waals surface area contributed by atoms with Gasteiger partial charge in [0.25, 0.3) is 11.5 Å². The second kappa shape index (κ2) is 8.53. The highest BCUT2D eigenvalue weighted by Gasteiger charge is 2.16. The summed E-state index contributed by atoms with van der Waals surface area (Å²) < 4.78 is 0. The van der Waals surface area contributed by atoms with Crippen molar-refractivity contribution in [3.05, 3.63) is 87.2 Å². The van der Waals surface area contributed by atoms with E-state index in [0.29, 0.717) is 17.3 Å². The van der Waals surface area contributed by atoms with E-state index in [0.717, 1.165) is 29.9 Å². The molecule has 0 saturated carbocycles. The molecule has 1 aliphatic rings. The molecule has 1 aromatic heterocycles. The van der Waals surface area contributed by atoms with Crippen LogP contribution in [0, 0.1) is 0 Å². The summed E-state index contributed by atoms with van der Waals surface area (Å²) in [5.74, 6) is -0.384. The Morgan fingerprint density at radius 2 is 1.72 bits per heavy atom. The maximum atomic E-state index is 12.6. The lowest BCUT2D eigenvalue weighted by Crippen LogP contribution is -2.30. The maximum Gasteiger partial charge on any atom is 0.261 e. The fourth-order valence-electron chi connectivity index (χ4n) is 3.65. The van der Waals surface area contributed by atoms with Gasteiger partial charge in [0.15, 0.2) is 0 Å². The SMILES string of the molecule is O=C(NCc1ccccc1N1CCCC1)c1ccc(-c2ccc(Cl)cc2)[nH]c1=O. The predicted molar refractivity (Wildman–Crippen MR) is 117 cm³/mol. The number of para-hydroxylation sites is 1. The van der Waals surface area contributed by atoms with E-state index in [-0.39, 0.29) is 11.5 Å². The average molecular weight is 408 g/mol. The molecular weight excluding hydrogens is 386 g/mol. The zero-order valence-electron chi connectivity index (χ0n) is 16.0. The molecule has 1 fully saturated rings. The number of aromatic nitrogens is 1. The quantitative estimate of drug-likeness (QED) is 0.665. The first kappa shape index (κ1) is 19.3. The molecule has 0 spiro atoms. The van der Waals surface area contributed by atoms with E-state index in [2.05, 4.69) is 21.3 Å². The Bertz CT molecular complexity index is 1070. The Kier molecular flexibility index (Phi) is 5.67. The van der Waals surface area contributed by atoms with E-state index in [9.17, 15) is 9.59 Å². The summed E-state index contributed by atoms with van der Waals surface area (Å²) in [7, 11) is 0. The number of benzene rings is 2. The number of pyridine rings is 1. The maximum absolute atomic E-state index is 12.6. The Labute approximate surface area is 174 Å². The molecule has 1 aliphatic heterocycles. The molecule has 2 N–H and O–H groups in total. The molecule has 0 atom stereocenters. The van der Waals surface area contributed by atoms with Crippen molar-refractivity contribution in [2.75, 3.05) is 18.0 Å². The average Bonchev–Trinajstić information content (AvgIpc) is 3.27. The summed E-state index contributed by atoms with van der Waals surface area (Å²) in [5.41, 5.74) is 3.36. The first-order chi connectivity index (χ1) is 14.1. The van der Waals surface area contributed by atoms with Crippen LogP contribution in [0.2, 0.25) is 5.02 Å². The molecule has 4 rings (SSSR count). The van der Waals surface area contributed by atoms with Gasteiger partial charge in [-0.25, -0.2) is 0 Å². The summed E-state index contributed by atoms with van der Waals surface area (Å²) in [6.45, 7) is 2.46. The highest BCUT2D eigenvalue weighted by atomic mass is 35.5. The minimum absolute atomic E-state index is 0.0985. The molecule has 2 heterocycles. The van der Waals surface area contributed by atoms with Crippen LogP contribution in [-0.4, -0.2) is 24.0 Å². The van der Waals surface area contributed by atoms with Crippen molar-refractivity contribution in [1.82, 2.24) is 10.3 Å². The number of H-pyrrole nitrogens is 1. The number of halogens is 1. The predicted octanol–water partition coefficient (Wildman–Crippen LogP) is 4.23. The van der Waals surface area contributed by atoms with Crippen molar-refractivity contribution in [3.63, 3.8) is 0 Å². The standard InChI is InChI=1S/C23H22ClN3O2/c24-18-9-7-16(8-10-18)20-12-11-19(23(29)26-20)22(28)25-15-17-5-1-2-6-21(17)27-13-3-4-14-27/h1-2,5-12H,3-4,13-15H2,(H,25,28)(H,26,29). The van der Waals surface area contributed by atoms with Crippen LogP contribution in [0.1, 0.15) is 28.8 Å².